The molecule has 29 heavy (non-hydrogen) atoms. The Labute approximate surface area is 178 Å². The van der Waals surface area contributed by atoms with E-state index in [0.29, 0.717) is 16.4 Å². The number of rotatable bonds is 4. The number of amides is 2. The van der Waals surface area contributed by atoms with E-state index in [1.165, 1.54) is 0 Å². The quantitative estimate of drug-likeness (QED) is 0.371. The number of benzene rings is 3. The van der Waals surface area contributed by atoms with Crippen LogP contribution in [0.2, 0.25) is 5.02 Å². The van der Waals surface area contributed by atoms with Gasteiger partial charge in [0.25, 0.3) is 0 Å². The zero-order valence-corrected chi connectivity index (χ0v) is 17.2. The zero-order valence-electron chi connectivity index (χ0n) is 15.6. The Kier molecular flexibility index (Phi) is 5.60. The number of carbonyl (C=O) groups excluding carboxylic acids is 1. The standard InChI is InChI=1S/C23H18ClN3OS/c1-15-7-10-19(13-20(15)24)26-23(28)25-18-11-8-16(9-12-18)21-14-29-22(27-21)17-5-3-2-4-6-17/h2-14H,1H3,(H2,25,26,28). The Hall–Kier alpha value is -3.15. The van der Waals surface area contributed by atoms with Crippen LogP contribution in [0.5, 0.6) is 0 Å². The number of hydrogen-bond acceptors (Lipinski definition) is 3. The van der Waals surface area contributed by atoms with Crippen LogP contribution < -0.4 is 10.6 Å². The molecule has 0 atom stereocenters. The minimum Gasteiger partial charge on any atom is -0.308 e. The highest BCUT2D eigenvalue weighted by atomic mass is 35.5. The molecule has 1 aromatic heterocycles. The third kappa shape index (κ3) is 4.65. The summed E-state index contributed by atoms with van der Waals surface area (Å²) in [5, 5.41) is 9.25. The molecule has 0 unspecified atom stereocenters. The lowest BCUT2D eigenvalue weighted by Gasteiger charge is -2.09. The van der Waals surface area contributed by atoms with Crippen molar-refractivity contribution in [3.63, 3.8) is 0 Å². The van der Waals surface area contributed by atoms with Crippen LogP contribution >= 0.6 is 22.9 Å². The molecule has 0 saturated carbocycles. The molecule has 0 aliphatic carbocycles. The summed E-state index contributed by atoms with van der Waals surface area (Å²) in [5.74, 6) is 0. The summed E-state index contributed by atoms with van der Waals surface area (Å²) in [6, 6.07) is 22.8. The third-order valence-corrected chi connectivity index (χ3v) is 5.69. The first-order valence-electron chi connectivity index (χ1n) is 9.04. The lowest BCUT2D eigenvalue weighted by molar-refractivity contribution is 0.262. The lowest BCUT2D eigenvalue weighted by Crippen LogP contribution is -2.19. The fraction of sp³-hybridized carbons (Fsp3) is 0.0435. The molecule has 2 N–H and O–H groups in total. The summed E-state index contributed by atoms with van der Waals surface area (Å²) in [6.07, 6.45) is 0. The van der Waals surface area contributed by atoms with Gasteiger partial charge < -0.3 is 10.6 Å². The number of halogens is 1. The minimum atomic E-state index is -0.322. The molecule has 2 amide bonds. The highest BCUT2D eigenvalue weighted by Crippen LogP contribution is 2.29. The number of nitrogens with one attached hydrogen (secondary N) is 2. The van der Waals surface area contributed by atoms with Crippen molar-refractivity contribution in [2.45, 2.75) is 6.92 Å². The number of nitrogens with zero attached hydrogens (tertiary/aromatic N) is 1. The van der Waals surface area contributed by atoms with Gasteiger partial charge in [-0.05, 0) is 36.8 Å². The monoisotopic (exact) mass is 419 g/mol. The first-order valence-corrected chi connectivity index (χ1v) is 10.3. The molecule has 0 aliphatic heterocycles. The number of aromatic nitrogens is 1. The Morgan fingerprint density at radius 3 is 2.31 bits per heavy atom. The van der Waals surface area contributed by atoms with Crippen LogP contribution in [0.1, 0.15) is 5.56 Å². The molecule has 4 aromatic rings. The van der Waals surface area contributed by atoms with Gasteiger partial charge in [-0.25, -0.2) is 9.78 Å². The van der Waals surface area contributed by atoms with Gasteiger partial charge in [-0.2, -0.15) is 0 Å². The van der Waals surface area contributed by atoms with E-state index in [-0.39, 0.29) is 6.03 Å². The molecule has 0 bridgehead atoms. The number of thiazole rings is 1. The lowest BCUT2D eigenvalue weighted by atomic mass is 10.1. The Morgan fingerprint density at radius 1 is 0.897 bits per heavy atom. The molecule has 3 aromatic carbocycles. The van der Waals surface area contributed by atoms with E-state index in [4.69, 9.17) is 16.6 Å². The predicted molar refractivity (Wildman–Crippen MR) is 122 cm³/mol. The molecular weight excluding hydrogens is 402 g/mol. The van der Waals surface area contributed by atoms with Gasteiger partial charge in [0, 0.05) is 32.9 Å². The molecule has 6 heteroatoms. The maximum Gasteiger partial charge on any atom is 0.323 e. The van der Waals surface area contributed by atoms with E-state index >= 15 is 0 Å². The normalized spacial score (nSPS) is 10.6. The second kappa shape index (κ2) is 8.47. The fourth-order valence-corrected chi connectivity index (χ4v) is 3.82. The van der Waals surface area contributed by atoms with Gasteiger partial charge in [-0.15, -0.1) is 11.3 Å². The van der Waals surface area contributed by atoms with E-state index in [2.05, 4.69) is 22.8 Å². The summed E-state index contributed by atoms with van der Waals surface area (Å²) < 4.78 is 0. The van der Waals surface area contributed by atoms with E-state index in [9.17, 15) is 4.79 Å². The van der Waals surface area contributed by atoms with Gasteiger partial charge in [0.15, 0.2) is 0 Å². The van der Waals surface area contributed by atoms with E-state index < -0.39 is 0 Å². The van der Waals surface area contributed by atoms with Crippen LogP contribution in [0, 0.1) is 6.92 Å². The van der Waals surface area contributed by atoms with Crippen molar-refractivity contribution in [3.8, 4) is 21.8 Å². The first kappa shape index (κ1) is 19.2. The van der Waals surface area contributed by atoms with Gasteiger partial charge in [0.2, 0.25) is 0 Å². The number of anilines is 2. The van der Waals surface area contributed by atoms with Gasteiger partial charge >= 0.3 is 6.03 Å². The molecule has 0 fully saturated rings. The maximum absolute atomic E-state index is 12.2. The van der Waals surface area contributed by atoms with Crippen molar-refractivity contribution in [3.05, 3.63) is 88.8 Å². The average molecular weight is 420 g/mol. The third-order valence-electron chi connectivity index (χ3n) is 4.39. The second-order valence-corrected chi connectivity index (χ2v) is 7.79. The highest BCUT2D eigenvalue weighted by molar-refractivity contribution is 7.13. The smallest absolute Gasteiger partial charge is 0.308 e. The van der Waals surface area contributed by atoms with E-state index in [0.717, 1.165) is 27.4 Å². The van der Waals surface area contributed by atoms with Crippen LogP contribution in [0.25, 0.3) is 21.8 Å². The van der Waals surface area contributed by atoms with Crippen molar-refractivity contribution >= 4 is 40.3 Å². The molecular formula is C23H18ClN3OS. The fourth-order valence-electron chi connectivity index (χ4n) is 2.81. The van der Waals surface area contributed by atoms with E-state index in [1.54, 1.807) is 17.4 Å². The molecule has 0 spiro atoms. The van der Waals surface area contributed by atoms with Crippen molar-refractivity contribution < 1.29 is 4.79 Å². The zero-order chi connectivity index (χ0) is 20.2. The second-order valence-electron chi connectivity index (χ2n) is 6.52. The minimum absolute atomic E-state index is 0.322. The number of hydrogen-bond donors (Lipinski definition) is 2. The van der Waals surface area contributed by atoms with Crippen molar-refractivity contribution in [2.75, 3.05) is 10.6 Å². The van der Waals surface area contributed by atoms with E-state index in [1.807, 2.05) is 66.9 Å². The molecule has 0 radical (unpaired) electrons. The molecule has 4 nitrogen and oxygen atoms in total. The topological polar surface area (TPSA) is 54.0 Å². The van der Waals surface area contributed by atoms with Crippen molar-refractivity contribution in [1.82, 2.24) is 4.98 Å². The molecule has 4 rings (SSSR count). The van der Waals surface area contributed by atoms with Crippen molar-refractivity contribution in [1.29, 1.82) is 0 Å². The maximum atomic E-state index is 12.2. The number of aryl methyl sites for hydroxylation is 1. The summed E-state index contributed by atoms with van der Waals surface area (Å²) in [5.41, 5.74) is 5.33. The van der Waals surface area contributed by atoms with Crippen LogP contribution in [0.4, 0.5) is 16.2 Å². The average Bonchev–Trinajstić information content (AvgIpc) is 3.22. The van der Waals surface area contributed by atoms with Crippen LogP contribution in [0.15, 0.2) is 78.2 Å². The molecule has 144 valence electrons. The summed E-state index contributed by atoms with van der Waals surface area (Å²) in [7, 11) is 0. The van der Waals surface area contributed by atoms with Gasteiger partial charge in [-0.3, -0.25) is 0 Å². The molecule has 1 heterocycles. The number of urea groups is 1. The van der Waals surface area contributed by atoms with Gasteiger partial charge in [0.1, 0.15) is 5.01 Å². The Balaban J connectivity index is 1.42. The highest BCUT2D eigenvalue weighted by Gasteiger charge is 2.08. The van der Waals surface area contributed by atoms with Crippen LogP contribution in [0.3, 0.4) is 0 Å². The van der Waals surface area contributed by atoms with Gasteiger partial charge in [0.05, 0.1) is 5.69 Å². The molecule has 0 aliphatic rings. The predicted octanol–water partition coefficient (Wildman–Crippen LogP) is 7.08. The Bertz CT molecular complexity index is 1140. The first-order chi connectivity index (χ1) is 14.1. The summed E-state index contributed by atoms with van der Waals surface area (Å²) in [4.78, 5) is 16.9. The Morgan fingerprint density at radius 2 is 1.59 bits per heavy atom. The number of carbonyl (C=O) groups is 1. The summed E-state index contributed by atoms with van der Waals surface area (Å²) in [6.45, 7) is 1.92. The van der Waals surface area contributed by atoms with Crippen LogP contribution in [-0.4, -0.2) is 11.0 Å². The van der Waals surface area contributed by atoms with Crippen molar-refractivity contribution in [2.24, 2.45) is 0 Å². The molecule has 0 saturated heterocycles. The van der Waals surface area contributed by atoms with Crippen LogP contribution in [-0.2, 0) is 0 Å². The summed E-state index contributed by atoms with van der Waals surface area (Å²) >= 11 is 7.71. The van der Waals surface area contributed by atoms with Gasteiger partial charge in [-0.1, -0.05) is 60.1 Å². The largest absolute Gasteiger partial charge is 0.323 e. The SMILES string of the molecule is Cc1ccc(NC(=O)Nc2ccc(-c3csc(-c4ccccc4)n3)cc2)cc1Cl.